The fourth-order valence-corrected chi connectivity index (χ4v) is 4.14. The molecular formula is C14H19ClN2OS. The van der Waals surface area contributed by atoms with E-state index in [2.05, 4.69) is 0 Å². The summed E-state index contributed by atoms with van der Waals surface area (Å²) in [5.41, 5.74) is 11.8. The van der Waals surface area contributed by atoms with E-state index in [-0.39, 0.29) is 5.91 Å². The van der Waals surface area contributed by atoms with Crippen molar-refractivity contribution >= 4 is 29.3 Å². The van der Waals surface area contributed by atoms with Crippen molar-refractivity contribution in [1.29, 1.82) is 0 Å². The summed E-state index contributed by atoms with van der Waals surface area (Å²) in [5, 5.41) is 1.17. The van der Waals surface area contributed by atoms with Gasteiger partial charge in [-0.25, -0.2) is 0 Å². The Bertz CT molecular complexity index is 469. The maximum Gasteiger partial charge on any atom is 0.237 e. The summed E-state index contributed by atoms with van der Waals surface area (Å²) >= 11 is 7.95. The second kappa shape index (κ2) is 6.16. The molecule has 1 aromatic carbocycles. The molecule has 1 fully saturated rings. The third-order valence-electron chi connectivity index (χ3n) is 3.66. The lowest BCUT2D eigenvalue weighted by atomic mass is 9.82. The molecule has 2 rings (SSSR count). The third kappa shape index (κ3) is 3.65. The second-order valence-electron chi connectivity index (χ2n) is 5.14. The van der Waals surface area contributed by atoms with Crippen LogP contribution >= 0.6 is 23.4 Å². The van der Waals surface area contributed by atoms with Crippen LogP contribution < -0.4 is 11.5 Å². The zero-order chi connectivity index (χ0) is 13.9. The highest BCUT2D eigenvalue weighted by atomic mass is 35.5. The monoisotopic (exact) mass is 298 g/mol. The van der Waals surface area contributed by atoms with Gasteiger partial charge < -0.3 is 11.5 Å². The van der Waals surface area contributed by atoms with Crippen molar-refractivity contribution in [2.24, 2.45) is 11.5 Å². The topological polar surface area (TPSA) is 69.1 Å². The predicted molar refractivity (Wildman–Crippen MR) is 81.1 cm³/mol. The zero-order valence-corrected chi connectivity index (χ0v) is 12.3. The summed E-state index contributed by atoms with van der Waals surface area (Å²) in [6.45, 7) is 0. The van der Waals surface area contributed by atoms with Gasteiger partial charge in [0.15, 0.2) is 0 Å². The largest absolute Gasteiger partial charge is 0.368 e. The molecule has 3 nitrogen and oxygen atoms in total. The van der Waals surface area contributed by atoms with Crippen LogP contribution in [0.2, 0.25) is 5.02 Å². The van der Waals surface area contributed by atoms with Gasteiger partial charge in [-0.05, 0) is 37.3 Å². The Labute approximate surface area is 123 Å². The number of rotatable bonds is 4. The molecule has 104 valence electrons. The lowest BCUT2D eigenvalue weighted by molar-refractivity contribution is -0.124. The Morgan fingerprint density at radius 1 is 1.47 bits per heavy atom. The summed E-state index contributed by atoms with van der Waals surface area (Å²) in [4.78, 5) is 11.4. The average Bonchev–Trinajstić information content (AvgIpc) is 2.38. The summed E-state index contributed by atoms with van der Waals surface area (Å²) in [6.07, 6.45) is 3.41. The van der Waals surface area contributed by atoms with E-state index in [4.69, 9.17) is 23.1 Å². The Morgan fingerprint density at radius 2 is 2.21 bits per heavy atom. The second-order valence-corrected chi connectivity index (χ2v) is 6.84. The molecule has 0 bridgehead atoms. The van der Waals surface area contributed by atoms with E-state index in [1.54, 1.807) is 0 Å². The number of carbonyl (C=O) groups is 1. The summed E-state index contributed by atoms with van der Waals surface area (Å²) in [7, 11) is 0. The van der Waals surface area contributed by atoms with E-state index in [1.165, 1.54) is 0 Å². The fourth-order valence-electron chi connectivity index (χ4n) is 2.44. The molecule has 1 aromatic rings. The van der Waals surface area contributed by atoms with Gasteiger partial charge in [0, 0.05) is 16.0 Å². The smallest absolute Gasteiger partial charge is 0.237 e. The normalized spacial score (nSPS) is 27.2. The molecule has 0 saturated heterocycles. The van der Waals surface area contributed by atoms with E-state index >= 15 is 0 Å². The quantitative estimate of drug-likeness (QED) is 0.898. The Hall–Kier alpha value is -0.710. The summed E-state index contributed by atoms with van der Waals surface area (Å²) < 4.78 is 0. The van der Waals surface area contributed by atoms with Gasteiger partial charge in [0.2, 0.25) is 5.91 Å². The molecule has 0 radical (unpaired) electrons. The van der Waals surface area contributed by atoms with Gasteiger partial charge in [-0.1, -0.05) is 29.8 Å². The number of halogens is 1. The molecule has 19 heavy (non-hydrogen) atoms. The van der Waals surface area contributed by atoms with Crippen molar-refractivity contribution in [3.8, 4) is 0 Å². The van der Waals surface area contributed by atoms with Crippen LogP contribution in [0, 0.1) is 0 Å². The SMILES string of the molecule is NC(=O)C1(N)CCCC(SCc2ccccc2Cl)C1. The maximum absolute atomic E-state index is 11.4. The first-order valence-electron chi connectivity index (χ1n) is 6.45. The van der Waals surface area contributed by atoms with Crippen molar-refractivity contribution in [1.82, 2.24) is 0 Å². The van der Waals surface area contributed by atoms with Crippen LogP contribution in [0.3, 0.4) is 0 Å². The number of hydrogen-bond donors (Lipinski definition) is 2. The first-order chi connectivity index (χ1) is 9.01. The van der Waals surface area contributed by atoms with Crippen LogP contribution in [0.5, 0.6) is 0 Å². The minimum Gasteiger partial charge on any atom is -0.368 e. The first-order valence-corrected chi connectivity index (χ1v) is 7.88. The molecule has 4 N–H and O–H groups in total. The van der Waals surface area contributed by atoms with Crippen LogP contribution in [0.15, 0.2) is 24.3 Å². The number of nitrogens with two attached hydrogens (primary N) is 2. The number of thioether (sulfide) groups is 1. The van der Waals surface area contributed by atoms with Crippen molar-refractivity contribution < 1.29 is 4.79 Å². The lowest BCUT2D eigenvalue weighted by Crippen LogP contribution is -2.55. The molecule has 5 heteroatoms. The number of hydrogen-bond acceptors (Lipinski definition) is 3. The number of carbonyl (C=O) groups excluding carboxylic acids is 1. The first kappa shape index (κ1) is 14.7. The van der Waals surface area contributed by atoms with Crippen molar-refractivity contribution in [3.63, 3.8) is 0 Å². The average molecular weight is 299 g/mol. The standard InChI is InChI=1S/C14H19ClN2OS/c15-12-6-2-1-4-10(12)9-19-11-5-3-7-14(17,8-11)13(16)18/h1-2,4,6,11H,3,5,7-9,17H2,(H2,16,18). The van der Waals surface area contributed by atoms with E-state index in [0.717, 1.165) is 29.2 Å². The molecule has 1 aliphatic carbocycles. The van der Waals surface area contributed by atoms with Crippen molar-refractivity contribution in [2.45, 2.75) is 42.2 Å². The van der Waals surface area contributed by atoms with Crippen LogP contribution in [0.4, 0.5) is 0 Å². The minimum atomic E-state index is -0.823. The van der Waals surface area contributed by atoms with E-state index < -0.39 is 5.54 Å². The highest BCUT2D eigenvalue weighted by Crippen LogP contribution is 2.35. The molecule has 0 aromatic heterocycles. The van der Waals surface area contributed by atoms with Gasteiger partial charge in [-0.3, -0.25) is 4.79 Å². The Kier molecular flexibility index (Phi) is 4.76. The summed E-state index contributed by atoms with van der Waals surface area (Å²) in [5.74, 6) is 0.467. The fraction of sp³-hybridized carbons (Fsp3) is 0.500. The van der Waals surface area contributed by atoms with E-state index in [1.807, 2.05) is 36.0 Å². The Morgan fingerprint density at radius 3 is 2.89 bits per heavy atom. The number of benzene rings is 1. The van der Waals surface area contributed by atoms with E-state index in [9.17, 15) is 4.79 Å². The number of amides is 1. The minimum absolute atomic E-state index is 0.377. The lowest BCUT2D eigenvalue weighted by Gasteiger charge is -2.35. The molecule has 1 amide bonds. The molecule has 0 heterocycles. The van der Waals surface area contributed by atoms with Crippen LogP contribution in [0.25, 0.3) is 0 Å². The number of primary amides is 1. The van der Waals surface area contributed by atoms with Crippen LogP contribution in [-0.2, 0) is 10.5 Å². The van der Waals surface area contributed by atoms with Gasteiger partial charge in [0.25, 0.3) is 0 Å². The zero-order valence-electron chi connectivity index (χ0n) is 10.8. The Balaban J connectivity index is 1.93. The molecule has 0 spiro atoms. The molecule has 2 unspecified atom stereocenters. The van der Waals surface area contributed by atoms with E-state index in [0.29, 0.717) is 18.1 Å². The molecular weight excluding hydrogens is 280 g/mol. The molecule has 0 aliphatic heterocycles. The third-order valence-corrected chi connectivity index (χ3v) is 5.38. The highest BCUT2D eigenvalue weighted by Gasteiger charge is 2.37. The van der Waals surface area contributed by atoms with Crippen LogP contribution in [0.1, 0.15) is 31.2 Å². The van der Waals surface area contributed by atoms with Gasteiger partial charge >= 0.3 is 0 Å². The molecule has 2 atom stereocenters. The van der Waals surface area contributed by atoms with Gasteiger partial charge in [0.05, 0.1) is 5.54 Å². The molecule has 1 saturated carbocycles. The predicted octanol–water partition coefficient (Wildman–Crippen LogP) is 2.70. The van der Waals surface area contributed by atoms with Gasteiger partial charge in [-0.15, -0.1) is 0 Å². The molecule has 1 aliphatic rings. The highest BCUT2D eigenvalue weighted by molar-refractivity contribution is 7.99. The van der Waals surface area contributed by atoms with Crippen molar-refractivity contribution in [2.75, 3.05) is 0 Å². The van der Waals surface area contributed by atoms with Crippen molar-refractivity contribution in [3.05, 3.63) is 34.9 Å². The maximum atomic E-state index is 11.4. The van der Waals surface area contributed by atoms with Gasteiger partial charge in [-0.2, -0.15) is 11.8 Å². The van der Waals surface area contributed by atoms with Gasteiger partial charge in [0.1, 0.15) is 0 Å². The van der Waals surface area contributed by atoms with Crippen LogP contribution in [-0.4, -0.2) is 16.7 Å². The summed E-state index contributed by atoms with van der Waals surface area (Å²) in [6, 6.07) is 7.84.